The molecule has 0 N–H and O–H groups in total. The van der Waals surface area contributed by atoms with Crippen molar-refractivity contribution in [3.8, 4) is 17.1 Å². The average molecular weight is 390 g/mol. The maximum absolute atomic E-state index is 5.83. The zero-order valence-corrected chi connectivity index (χ0v) is 16.5. The lowest BCUT2D eigenvalue weighted by Gasteiger charge is -2.33. The smallest absolute Gasteiger partial charge is 0.241 e. The minimum absolute atomic E-state index is 0.548. The Labute approximate surface area is 171 Å². The van der Waals surface area contributed by atoms with Gasteiger partial charge in [-0.3, -0.25) is 9.80 Å². The summed E-state index contributed by atoms with van der Waals surface area (Å²) in [5.41, 5.74) is 2.06. The highest BCUT2D eigenvalue weighted by molar-refractivity contribution is 5.55. The van der Waals surface area contributed by atoms with Gasteiger partial charge in [0.05, 0.1) is 6.54 Å². The van der Waals surface area contributed by atoms with Gasteiger partial charge >= 0.3 is 0 Å². The molecular formula is C23H26N4O2. The van der Waals surface area contributed by atoms with E-state index in [1.54, 1.807) is 0 Å². The van der Waals surface area contributed by atoms with Gasteiger partial charge in [0.2, 0.25) is 11.7 Å². The van der Waals surface area contributed by atoms with Crippen molar-refractivity contribution in [3.63, 3.8) is 0 Å². The number of piperazine rings is 1. The summed E-state index contributed by atoms with van der Waals surface area (Å²) in [7, 11) is 0. The van der Waals surface area contributed by atoms with Crippen LogP contribution in [-0.4, -0.2) is 52.7 Å². The molecule has 0 spiro atoms. The van der Waals surface area contributed by atoms with E-state index in [1.165, 1.54) is 0 Å². The molecule has 1 aliphatic heterocycles. The third-order valence-corrected chi connectivity index (χ3v) is 5.04. The van der Waals surface area contributed by atoms with Gasteiger partial charge in [0.15, 0.2) is 0 Å². The number of rotatable bonds is 8. The van der Waals surface area contributed by atoms with Gasteiger partial charge in [0, 0.05) is 38.3 Å². The summed E-state index contributed by atoms with van der Waals surface area (Å²) in [6, 6.07) is 17.9. The second kappa shape index (κ2) is 9.49. The fourth-order valence-corrected chi connectivity index (χ4v) is 3.38. The lowest BCUT2D eigenvalue weighted by molar-refractivity contribution is 0.125. The molecule has 1 saturated heterocycles. The number of nitrogens with zero attached hydrogens (tertiary/aromatic N) is 4. The highest BCUT2D eigenvalue weighted by Gasteiger charge is 2.18. The molecule has 0 amide bonds. The third-order valence-electron chi connectivity index (χ3n) is 5.04. The van der Waals surface area contributed by atoms with E-state index in [0.717, 1.165) is 49.6 Å². The molecule has 6 heteroatoms. The quantitative estimate of drug-likeness (QED) is 0.548. The van der Waals surface area contributed by atoms with E-state index in [1.807, 2.05) is 48.5 Å². The Hall–Kier alpha value is -2.96. The summed E-state index contributed by atoms with van der Waals surface area (Å²) < 4.78 is 11.3. The molecule has 1 aliphatic rings. The van der Waals surface area contributed by atoms with Crippen molar-refractivity contribution in [2.24, 2.45) is 0 Å². The van der Waals surface area contributed by atoms with E-state index >= 15 is 0 Å². The zero-order valence-electron chi connectivity index (χ0n) is 16.5. The van der Waals surface area contributed by atoms with Crippen molar-refractivity contribution in [3.05, 3.63) is 78.7 Å². The van der Waals surface area contributed by atoms with Crippen molar-refractivity contribution >= 4 is 0 Å². The van der Waals surface area contributed by atoms with E-state index in [0.29, 0.717) is 24.9 Å². The van der Waals surface area contributed by atoms with Gasteiger partial charge in [-0.2, -0.15) is 4.98 Å². The molecule has 2 heterocycles. The molecule has 0 saturated carbocycles. The molecule has 0 atom stereocenters. The van der Waals surface area contributed by atoms with Gasteiger partial charge in [0.1, 0.15) is 12.4 Å². The van der Waals surface area contributed by atoms with Crippen LogP contribution in [0, 0.1) is 0 Å². The standard InChI is InChI=1S/C23H26N4O2/c1-2-12-26-13-15-27(16-14-26)17-22-24-23(25-29-22)20-8-10-21(11-9-20)28-18-19-6-4-3-5-7-19/h2-11H,1,12-18H2. The fraction of sp³-hybridized carbons (Fsp3) is 0.304. The van der Waals surface area contributed by atoms with Crippen LogP contribution in [0.3, 0.4) is 0 Å². The number of aromatic nitrogens is 2. The Morgan fingerprint density at radius 2 is 1.69 bits per heavy atom. The highest BCUT2D eigenvalue weighted by atomic mass is 16.5. The first-order valence-electron chi connectivity index (χ1n) is 9.95. The second-order valence-corrected chi connectivity index (χ2v) is 7.18. The number of hydrogen-bond donors (Lipinski definition) is 0. The van der Waals surface area contributed by atoms with Crippen molar-refractivity contribution in [1.29, 1.82) is 0 Å². The first-order chi connectivity index (χ1) is 14.3. The summed E-state index contributed by atoms with van der Waals surface area (Å²) in [6.45, 7) is 10.1. The highest BCUT2D eigenvalue weighted by Crippen LogP contribution is 2.21. The predicted molar refractivity (Wildman–Crippen MR) is 112 cm³/mol. The van der Waals surface area contributed by atoms with Crippen LogP contribution >= 0.6 is 0 Å². The van der Waals surface area contributed by atoms with Gasteiger partial charge in [0.25, 0.3) is 0 Å². The minimum atomic E-state index is 0.548. The Morgan fingerprint density at radius 1 is 0.966 bits per heavy atom. The molecule has 3 aromatic rings. The predicted octanol–water partition coefficient (Wildman–Crippen LogP) is 3.62. The maximum atomic E-state index is 5.83. The van der Waals surface area contributed by atoms with Crippen LogP contribution in [0.1, 0.15) is 11.5 Å². The van der Waals surface area contributed by atoms with E-state index in [4.69, 9.17) is 9.26 Å². The van der Waals surface area contributed by atoms with Crippen molar-refractivity contribution in [2.45, 2.75) is 13.2 Å². The Morgan fingerprint density at radius 3 is 2.41 bits per heavy atom. The van der Waals surface area contributed by atoms with Gasteiger partial charge in [-0.25, -0.2) is 0 Å². The van der Waals surface area contributed by atoms with Gasteiger partial charge < -0.3 is 9.26 Å². The fourth-order valence-electron chi connectivity index (χ4n) is 3.38. The van der Waals surface area contributed by atoms with Crippen LogP contribution in [-0.2, 0) is 13.2 Å². The van der Waals surface area contributed by atoms with Crippen LogP contribution in [0.2, 0.25) is 0 Å². The third kappa shape index (κ3) is 5.31. The van der Waals surface area contributed by atoms with Gasteiger partial charge in [-0.05, 0) is 29.8 Å². The molecule has 0 unspecified atom stereocenters. The van der Waals surface area contributed by atoms with Crippen LogP contribution in [0.5, 0.6) is 5.75 Å². The van der Waals surface area contributed by atoms with Gasteiger partial charge in [-0.1, -0.05) is 41.6 Å². The monoisotopic (exact) mass is 390 g/mol. The Balaban J connectivity index is 1.30. The molecule has 0 bridgehead atoms. The van der Waals surface area contributed by atoms with Crippen LogP contribution in [0.25, 0.3) is 11.4 Å². The molecular weight excluding hydrogens is 364 g/mol. The summed E-state index contributed by atoms with van der Waals surface area (Å²) in [6.07, 6.45) is 1.96. The van der Waals surface area contributed by atoms with E-state index in [2.05, 4.69) is 38.7 Å². The normalized spacial score (nSPS) is 15.3. The number of benzene rings is 2. The number of ether oxygens (including phenoxy) is 1. The first-order valence-corrected chi connectivity index (χ1v) is 9.95. The van der Waals surface area contributed by atoms with Crippen LogP contribution in [0.4, 0.5) is 0 Å². The van der Waals surface area contributed by atoms with E-state index in [-0.39, 0.29) is 0 Å². The van der Waals surface area contributed by atoms with Gasteiger partial charge in [-0.15, -0.1) is 6.58 Å². The minimum Gasteiger partial charge on any atom is -0.489 e. The average Bonchev–Trinajstić information content (AvgIpc) is 3.23. The van der Waals surface area contributed by atoms with Crippen molar-refractivity contribution in [1.82, 2.24) is 19.9 Å². The molecule has 4 rings (SSSR count). The Kier molecular flexibility index (Phi) is 6.34. The van der Waals surface area contributed by atoms with Crippen molar-refractivity contribution in [2.75, 3.05) is 32.7 Å². The van der Waals surface area contributed by atoms with Crippen LogP contribution in [0.15, 0.2) is 71.8 Å². The summed E-state index contributed by atoms with van der Waals surface area (Å²) in [5.74, 6) is 2.08. The molecule has 1 aromatic heterocycles. The summed E-state index contributed by atoms with van der Waals surface area (Å²) in [5, 5.41) is 4.14. The topological polar surface area (TPSA) is 54.6 Å². The summed E-state index contributed by atoms with van der Waals surface area (Å²) >= 11 is 0. The molecule has 2 aromatic carbocycles. The lowest BCUT2D eigenvalue weighted by Crippen LogP contribution is -2.45. The lowest BCUT2D eigenvalue weighted by atomic mass is 10.2. The molecule has 0 radical (unpaired) electrons. The second-order valence-electron chi connectivity index (χ2n) is 7.18. The molecule has 29 heavy (non-hydrogen) atoms. The number of hydrogen-bond acceptors (Lipinski definition) is 6. The SMILES string of the molecule is C=CCN1CCN(Cc2nc(-c3ccc(OCc4ccccc4)cc3)no2)CC1. The first kappa shape index (κ1) is 19.4. The molecule has 1 fully saturated rings. The largest absolute Gasteiger partial charge is 0.489 e. The molecule has 150 valence electrons. The Bertz CT molecular complexity index is 900. The van der Waals surface area contributed by atoms with Crippen molar-refractivity contribution < 1.29 is 9.26 Å². The van der Waals surface area contributed by atoms with E-state index in [9.17, 15) is 0 Å². The zero-order chi connectivity index (χ0) is 19.9. The van der Waals surface area contributed by atoms with Crippen LogP contribution < -0.4 is 4.74 Å². The van der Waals surface area contributed by atoms with E-state index < -0.39 is 0 Å². The molecule has 0 aliphatic carbocycles. The molecule has 6 nitrogen and oxygen atoms in total. The summed E-state index contributed by atoms with van der Waals surface area (Å²) in [4.78, 5) is 9.30. The maximum Gasteiger partial charge on any atom is 0.241 e.